The van der Waals surface area contributed by atoms with Crippen LogP contribution in [-0.2, 0) is 0 Å². The van der Waals surface area contributed by atoms with Crippen molar-refractivity contribution < 1.29 is 4.74 Å². The lowest BCUT2D eigenvalue weighted by Gasteiger charge is -2.22. The molecule has 0 saturated carbocycles. The Balaban J connectivity index is 2.75. The maximum Gasteiger partial charge on any atom is 0.124 e. The molecule has 0 bridgehead atoms. The Morgan fingerprint density at radius 3 is 2.33 bits per heavy atom. The van der Waals surface area contributed by atoms with Gasteiger partial charge in [-0.05, 0) is 38.2 Å². The molecule has 0 aliphatic carbocycles. The third kappa shape index (κ3) is 5.30. The first-order chi connectivity index (χ1) is 8.29. The van der Waals surface area contributed by atoms with Gasteiger partial charge in [-0.2, -0.15) is 0 Å². The molecule has 0 saturated heterocycles. The Bertz CT molecular complexity index is 366. The Hall–Kier alpha value is -0.690. The van der Waals surface area contributed by atoms with Crippen molar-refractivity contribution in [2.45, 2.75) is 58.9 Å². The van der Waals surface area contributed by atoms with Crippen LogP contribution in [0.1, 0.15) is 58.4 Å². The van der Waals surface area contributed by atoms with Gasteiger partial charge in [0.05, 0.1) is 11.5 Å². The fourth-order valence-electron chi connectivity index (χ4n) is 1.82. The Morgan fingerprint density at radius 1 is 1.17 bits per heavy atom. The molecule has 1 unspecified atom stereocenters. The monoisotopic (exact) mass is 268 g/mol. The number of rotatable bonds is 5. The second-order valence-electron chi connectivity index (χ2n) is 6.27. The van der Waals surface area contributed by atoms with E-state index in [1.165, 1.54) is 0 Å². The first-order valence-electron chi connectivity index (χ1n) is 6.69. The average Bonchev–Trinajstić information content (AvgIpc) is 2.25. The highest BCUT2D eigenvalue weighted by atomic mass is 35.5. The molecule has 0 N–H and O–H groups in total. The van der Waals surface area contributed by atoms with Crippen molar-refractivity contribution in [1.82, 2.24) is 0 Å². The van der Waals surface area contributed by atoms with Gasteiger partial charge < -0.3 is 4.74 Å². The number of benzene rings is 1. The van der Waals surface area contributed by atoms with Gasteiger partial charge in [-0.3, -0.25) is 0 Å². The van der Waals surface area contributed by atoms with Crippen LogP contribution < -0.4 is 4.74 Å². The highest BCUT2D eigenvalue weighted by molar-refractivity contribution is 6.21. The van der Waals surface area contributed by atoms with Crippen molar-refractivity contribution >= 4 is 11.6 Å². The van der Waals surface area contributed by atoms with Crippen molar-refractivity contribution in [1.29, 1.82) is 0 Å². The summed E-state index contributed by atoms with van der Waals surface area (Å²) in [5, 5.41) is 0.0270. The summed E-state index contributed by atoms with van der Waals surface area (Å²) in [4.78, 5) is 0. The minimum Gasteiger partial charge on any atom is -0.491 e. The van der Waals surface area contributed by atoms with Crippen LogP contribution in [0.2, 0.25) is 0 Å². The van der Waals surface area contributed by atoms with Crippen LogP contribution in [0.4, 0.5) is 0 Å². The Morgan fingerprint density at radius 2 is 1.78 bits per heavy atom. The fraction of sp³-hybridized carbons (Fsp3) is 0.625. The van der Waals surface area contributed by atoms with Crippen molar-refractivity contribution in [3.8, 4) is 5.75 Å². The van der Waals surface area contributed by atoms with E-state index < -0.39 is 0 Å². The van der Waals surface area contributed by atoms with E-state index in [4.69, 9.17) is 16.3 Å². The van der Waals surface area contributed by atoms with Crippen LogP contribution >= 0.6 is 11.6 Å². The third-order valence-corrected chi connectivity index (χ3v) is 3.22. The lowest BCUT2D eigenvalue weighted by atomic mass is 9.89. The normalized spacial score (nSPS) is 13.7. The van der Waals surface area contributed by atoms with E-state index >= 15 is 0 Å². The average molecular weight is 269 g/mol. The summed E-state index contributed by atoms with van der Waals surface area (Å²) in [5.41, 5.74) is 1.43. The molecule has 18 heavy (non-hydrogen) atoms. The molecule has 102 valence electrons. The molecule has 0 aliphatic rings. The predicted molar refractivity (Wildman–Crippen MR) is 79.5 cm³/mol. The van der Waals surface area contributed by atoms with E-state index in [1.54, 1.807) is 0 Å². The number of hydrogen-bond donors (Lipinski definition) is 0. The molecule has 1 aromatic carbocycles. The molecule has 0 fully saturated rings. The van der Waals surface area contributed by atoms with E-state index in [2.05, 4.69) is 26.8 Å². The molecule has 0 radical (unpaired) electrons. The van der Waals surface area contributed by atoms with Crippen molar-refractivity contribution in [2.24, 2.45) is 5.41 Å². The van der Waals surface area contributed by atoms with Gasteiger partial charge in [0.2, 0.25) is 0 Å². The van der Waals surface area contributed by atoms with Gasteiger partial charge in [-0.25, -0.2) is 0 Å². The maximum absolute atomic E-state index is 6.52. The lowest BCUT2D eigenvalue weighted by molar-refractivity contribution is 0.239. The Kier molecular flexibility index (Phi) is 5.52. The summed E-state index contributed by atoms with van der Waals surface area (Å²) in [7, 11) is 0. The molecule has 1 nitrogen and oxygen atoms in total. The van der Waals surface area contributed by atoms with E-state index in [1.807, 2.05) is 32.0 Å². The number of ether oxygens (including phenoxy) is 1. The van der Waals surface area contributed by atoms with Crippen LogP contribution in [-0.4, -0.2) is 6.10 Å². The van der Waals surface area contributed by atoms with Gasteiger partial charge in [-0.15, -0.1) is 11.6 Å². The van der Waals surface area contributed by atoms with Crippen LogP contribution in [0.3, 0.4) is 0 Å². The second-order valence-corrected chi connectivity index (χ2v) is 6.80. The Labute approximate surface area is 116 Å². The molecule has 1 atom stereocenters. The quantitative estimate of drug-likeness (QED) is 0.634. The van der Waals surface area contributed by atoms with Gasteiger partial charge in [0.15, 0.2) is 0 Å². The lowest BCUT2D eigenvalue weighted by Crippen LogP contribution is -2.09. The first kappa shape index (κ1) is 15.4. The number of hydrogen-bond acceptors (Lipinski definition) is 1. The minimum atomic E-state index is 0.0270. The fourth-order valence-corrected chi connectivity index (χ4v) is 2.11. The van der Waals surface area contributed by atoms with Crippen LogP contribution in [0.25, 0.3) is 0 Å². The van der Waals surface area contributed by atoms with Gasteiger partial charge in [0.25, 0.3) is 0 Å². The largest absolute Gasteiger partial charge is 0.491 e. The molecule has 0 aromatic heterocycles. The highest BCUT2D eigenvalue weighted by Gasteiger charge is 2.18. The van der Waals surface area contributed by atoms with E-state index in [-0.39, 0.29) is 11.5 Å². The molecule has 0 heterocycles. The van der Waals surface area contributed by atoms with Gasteiger partial charge in [-0.1, -0.05) is 39.0 Å². The van der Waals surface area contributed by atoms with Crippen LogP contribution in [0.15, 0.2) is 24.3 Å². The van der Waals surface area contributed by atoms with Crippen LogP contribution in [0.5, 0.6) is 5.75 Å². The molecule has 0 aliphatic heterocycles. The topological polar surface area (TPSA) is 9.23 Å². The molecule has 1 rings (SSSR count). The van der Waals surface area contributed by atoms with Crippen molar-refractivity contribution in [2.75, 3.05) is 0 Å². The number of halogens is 1. The molecule has 1 aromatic rings. The highest BCUT2D eigenvalue weighted by Crippen LogP contribution is 2.36. The van der Waals surface area contributed by atoms with Gasteiger partial charge >= 0.3 is 0 Å². The zero-order valence-electron chi connectivity index (χ0n) is 12.2. The number of para-hydroxylation sites is 1. The second kappa shape index (κ2) is 6.47. The maximum atomic E-state index is 6.52. The number of alkyl halides is 1. The first-order valence-corrected chi connectivity index (χ1v) is 7.13. The SMILES string of the molecule is CC(C)Oc1ccccc1C(Cl)CCC(C)(C)C. The smallest absolute Gasteiger partial charge is 0.124 e. The zero-order valence-corrected chi connectivity index (χ0v) is 12.9. The summed E-state index contributed by atoms with van der Waals surface area (Å²) in [6.07, 6.45) is 2.26. The summed E-state index contributed by atoms with van der Waals surface area (Å²) in [5.74, 6) is 0.918. The predicted octanol–water partition coefficient (Wildman–Crippen LogP) is 5.58. The third-order valence-electron chi connectivity index (χ3n) is 2.77. The van der Waals surface area contributed by atoms with Gasteiger partial charge in [0.1, 0.15) is 5.75 Å². The van der Waals surface area contributed by atoms with Crippen molar-refractivity contribution in [3.05, 3.63) is 29.8 Å². The molecular weight excluding hydrogens is 244 g/mol. The zero-order chi connectivity index (χ0) is 13.8. The van der Waals surface area contributed by atoms with E-state index in [0.717, 1.165) is 24.2 Å². The van der Waals surface area contributed by atoms with Crippen LogP contribution in [0, 0.1) is 5.41 Å². The summed E-state index contributed by atoms with van der Waals surface area (Å²) in [6.45, 7) is 10.8. The minimum absolute atomic E-state index is 0.0270. The molecular formula is C16H25ClO. The standard InChI is InChI=1S/C16H25ClO/c1-12(2)18-15-9-7-6-8-13(15)14(17)10-11-16(3,4)5/h6-9,12,14H,10-11H2,1-5H3. The van der Waals surface area contributed by atoms with E-state index in [0.29, 0.717) is 5.41 Å². The molecule has 2 heteroatoms. The summed E-state index contributed by atoms with van der Waals surface area (Å²) >= 11 is 6.52. The molecule has 0 spiro atoms. The molecule has 0 amide bonds. The van der Waals surface area contributed by atoms with E-state index in [9.17, 15) is 0 Å². The van der Waals surface area contributed by atoms with Crippen molar-refractivity contribution in [3.63, 3.8) is 0 Å². The van der Waals surface area contributed by atoms with Gasteiger partial charge in [0, 0.05) is 5.56 Å². The summed E-state index contributed by atoms with van der Waals surface area (Å²) in [6, 6.07) is 8.09. The summed E-state index contributed by atoms with van der Waals surface area (Å²) < 4.78 is 5.81.